The molecule has 196 valence electrons. The highest BCUT2D eigenvalue weighted by atomic mass is 16.7. The molecular formula is C27H46O7. The fourth-order valence-electron chi connectivity index (χ4n) is 3.57. The molecule has 7 nitrogen and oxygen atoms in total. The summed E-state index contributed by atoms with van der Waals surface area (Å²) in [6.07, 6.45) is 16.3. The number of carbonyl (C=O) groups excluding carboxylic acids is 1. The van der Waals surface area contributed by atoms with Crippen LogP contribution in [-0.4, -0.2) is 64.7 Å². The first-order chi connectivity index (χ1) is 16.4. The third-order valence-corrected chi connectivity index (χ3v) is 5.52. The average molecular weight is 483 g/mol. The van der Waals surface area contributed by atoms with Crippen molar-refractivity contribution < 1.29 is 34.3 Å². The Kier molecular flexibility index (Phi) is 16.9. The molecule has 0 spiro atoms. The Bertz CT molecular complexity index is 614. The van der Waals surface area contributed by atoms with Crippen molar-refractivity contribution in [2.75, 3.05) is 6.61 Å². The number of allylic oxidation sites excluding steroid dienone is 6. The van der Waals surface area contributed by atoms with Gasteiger partial charge in [-0.3, -0.25) is 4.79 Å². The number of ether oxygens (including phenoxy) is 3. The summed E-state index contributed by atoms with van der Waals surface area (Å²) in [4.78, 5) is 12.0. The summed E-state index contributed by atoms with van der Waals surface area (Å²) in [5.74, 6) is -0.362. The van der Waals surface area contributed by atoms with Crippen LogP contribution in [0.5, 0.6) is 0 Å². The van der Waals surface area contributed by atoms with Gasteiger partial charge >= 0.3 is 5.97 Å². The monoisotopic (exact) mass is 482 g/mol. The van der Waals surface area contributed by atoms with Crippen LogP contribution in [0.25, 0.3) is 0 Å². The van der Waals surface area contributed by atoms with Crippen LogP contribution in [0.2, 0.25) is 0 Å². The van der Waals surface area contributed by atoms with Gasteiger partial charge in [0.2, 0.25) is 0 Å². The third-order valence-electron chi connectivity index (χ3n) is 5.52. The Morgan fingerprint density at radius 1 is 0.853 bits per heavy atom. The third kappa shape index (κ3) is 13.4. The van der Waals surface area contributed by atoms with E-state index in [1.165, 1.54) is 0 Å². The summed E-state index contributed by atoms with van der Waals surface area (Å²) >= 11 is 0. The van der Waals surface area contributed by atoms with Crippen molar-refractivity contribution in [1.82, 2.24) is 0 Å². The minimum atomic E-state index is -1.43. The molecule has 1 aliphatic rings. The summed E-state index contributed by atoms with van der Waals surface area (Å²) in [6.45, 7) is 5.48. The molecule has 1 fully saturated rings. The lowest BCUT2D eigenvalue weighted by atomic mass is 9.99. The molecule has 5 atom stereocenters. The maximum Gasteiger partial charge on any atom is 0.305 e. The van der Waals surface area contributed by atoms with Gasteiger partial charge in [0.1, 0.15) is 31.0 Å². The second-order valence-electron chi connectivity index (χ2n) is 8.98. The standard InChI is InChI=1S/C27H46O7/c1-4-5-6-7-8-9-10-11-12-13-14-15-16-17-18-19-23(28)32-20-22-24(29)25(30)26(31)27(34-22)33-21(2)3/h5-6,8-9,11-12,21-22,24-27,29-31H,4,7,10,13-20H2,1-3H3/t22-,24-,25+,26-,27?/m1/s1. The van der Waals surface area contributed by atoms with E-state index in [9.17, 15) is 20.1 Å². The van der Waals surface area contributed by atoms with E-state index in [-0.39, 0.29) is 18.7 Å². The molecule has 0 aliphatic carbocycles. The van der Waals surface area contributed by atoms with Crippen LogP contribution in [0.3, 0.4) is 0 Å². The van der Waals surface area contributed by atoms with Crippen molar-refractivity contribution in [3.8, 4) is 0 Å². The molecule has 1 heterocycles. The number of aliphatic hydroxyl groups is 3. The highest BCUT2D eigenvalue weighted by Gasteiger charge is 2.45. The van der Waals surface area contributed by atoms with Gasteiger partial charge in [-0.25, -0.2) is 0 Å². The summed E-state index contributed by atoms with van der Waals surface area (Å²) in [5.41, 5.74) is 0. The Morgan fingerprint density at radius 3 is 2.15 bits per heavy atom. The van der Waals surface area contributed by atoms with Crippen LogP contribution < -0.4 is 0 Å². The lowest BCUT2D eigenvalue weighted by Crippen LogP contribution is -2.59. The van der Waals surface area contributed by atoms with Gasteiger partial charge in [-0.15, -0.1) is 0 Å². The number of hydrogen-bond acceptors (Lipinski definition) is 7. The number of carbonyl (C=O) groups is 1. The maximum absolute atomic E-state index is 12.0. The van der Waals surface area contributed by atoms with Crippen LogP contribution in [0, 0.1) is 0 Å². The van der Waals surface area contributed by atoms with E-state index in [1.807, 2.05) is 0 Å². The smallest absolute Gasteiger partial charge is 0.305 e. The van der Waals surface area contributed by atoms with Crippen LogP contribution in [0.1, 0.15) is 85.0 Å². The van der Waals surface area contributed by atoms with Gasteiger partial charge in [0.05, 0.1) is 6.10 Å². The fraction of sp³-hybridized carbons (Fsp3) is 0.741. The van der Waals surface area contributed by atoms with Crippen LogP contribution in [0.15, 0.2) is 36.5 Å². The molecule has 0 aromatic carbocycles. The Hall–Kier alpha value is -1.51. The highest BCUT2D eigenvalue weighted by Crippen LogP contribution is 2.23. The molecule has 7 heteroatoms. The Morgan fingerprint density at radius 2 is 1.47 bits per heavy atom. The Balaban J connectivity index is 2.08. The van der Waals surface area contributed by atoms with Gasteiger partial charge in [0, 0.05) is 6.42 Å². The number of aliphatic hydroxyl groups excluding tert-OH is 3. The predicted octanol–water partition coefficient (Wildman–Crippen LogP) is 4.35. The first-order valence-electron chi connectivity index (χ1n) is 12.8. The van der Waals surface area contributed by atoms with E-state index in [4.69, 9.17) is 14.2 Å². The van der Waals surface area contributed by atoms with Crippen LogP contribution >= 0.6 is 0 Å². The van der Waals surface area contributed by atoms with E-state index in [1.54, 1.807) is 13.8 Å². The molecule has 34 heavy (non-hydrogen) atoms. The summed E-state index contributed by atoms with van der Waals surface area (Å²) in [7, 11) is 0. The maximum atomic E-state index is 12.0. The zero-order valence-electron chi connectivity index (χ0n) is 21.2. The van der Waals surface area contributed by atoms with Crippen molar-refractivity contribution in [3.05, 3.63) is 36.5 Å². The molecular weight excluding hydrogens is 436 g/mol. The van der Waals surface area contributed by atoms with E-state index in [0.29, 0.717) is 6.42 Å². The summed E-state index contributed by atoms with van der Waals surface area (Å²) < 4.78 is 16.1. The molecule has 3 N–H and O–H groups in total. The quantitative estimate of drug-likeness (QED) is 0.161. The van der Waals surface area contributed by atoms with Crippen LogP contribution in [0.4, 0.5) is 0 Å². The summed E-state index contributed by atoms with van der Waals surface area (Å²) in [6, 6.07) is 0. The normalized spacial score (nSPS) is 25.8. The van der Waals surface area contributed by atoms with E-state index in [2.05, 4.69) is 43.4 Å². The SMILES string of the molecule is CCC=CCC=CCC=CCCCCCCCC(=O)OC[C@H]1OC(OC(C)C)[C@H](O)[C@@H](O)[C@@H]1O. The molecule has 1 rings (SSSR count). The lowest BCUT2D eigenvalue weighted by Gasteiger charge is -2.40. The van der Waals surface area contributed by atoms with E-state index >= 15 is 0 Å². The van der Waals surface area contributed by atoms with Crippen LogP contribution in [-0.2, 0) is 19.0 Å². The van der Waals surface area contributed by atoms with Gasteiger partial charge in [-0.05, 0) is 52.4 Å². The molecule has 0 bridgehead atoms. The number of rotatable bonds is 17. The van der Waals surface area contributed by atoms with Crippen molar-refractivity contribution in [1.29, 1.82) is 0 Å². The Labute approximate surface area is 205 Å². The molecule has 0 saturated carbocycles. The summed E-state index contributed by atoms with van der Waals surface area (Å²) in [5, 5.41) is 30.1. The molecule has 0 aromatic heterocycles. The second kappa shape index (κ2) is 18.8. The van der Waals surface area contributed by atoms with Gasteiger partial charge in [-0.1, -0.05) is 62.6 Å². The lowest BCUT2D eigenvalue weighted by molar-refractivity contribution is -0.309. The highest BCUT2D eigenvalue weighted by molar-refractivity contribution is 5.69. The number of unbranched alkanes of at least 4 members (excludes halogenated alkanes) is 5. The van der Waals surface area contributed by atoms with Gasteiger partial charge < -0.3 is 29.5 Å². The van der Waals surface area contributed by atoms with Crippen molar-refractivity contribution in [3.63, 3.8) is 0 Å². The van der Waals surface area contributed by atoms with Crippen molar-refractivity contribution in [2.24, 2.45) is 0 Å². The molecule has 0 amide bonds. The van der Waals surface area contributed by atoms with Gasteiger partial charge in [0.15, 0.2) is 6.29 Å². The molecule has 1 aliphatic heterocycles. The number of esters is 1. The molecule has 1 saturated heterocycles. The molecule has 1 unspecified atom stereocenters. The van der Waals surface area contributed by atoms with E-state index < -0.39 is 30.7 Å². The average Bonchev–Trinajstić information content (AvgIpc) is 2.80. The van der Waals surface area contributed by atoms with Gasteiger partial charge in [0.25, 0.3) is 0 Å². The second-order valence-corrected chi connectivity index (χ2v) is 8.98. The topological polar surface area (TPSA) is 105 Å². The zero-order valence-corrected chi connectivity index (χ0v) is 21.2. The number of hydrogen-bond donors (Lipinski definition) is 3. The fourth-order valence-corrected chi connectivity index (χ4v) is 3.57. The minimum absolute atomic E-state index is 0.196. The minimum Gasteiger partial charge on any atom is -0.463 e. The first kappa shape index (κ1) is 30.5. The molecule has 0 aromatic rings. The van der Waals surface area contributed by atoms with Gasteiger partial charge in [-0.2, -0.15) is 0 Å². The predicted molar refractivity (Wildman–Crippen MR) is 133 cm³/mol. The zero-order chi connectivity index (χ0) is 25.2. The first-order valence-corrected chi connectivity index (χ1v) is 12.8. The largest absolute Gasteiger partial charge is 0.463 e. The van der Waals surface area contributed by atoms with Crippen molar-refractivity contribution >= 4 is 5.97 Å². The molecule has 0 radical (unpaired) electrons. The van der Waals surface area contributed by atoms with Crippen molar-refractivity contribution in [2.45, 2.75) is 122 Å². The van der Waals surface area contributed by atoms with E-state index in [0.717, 1.165) is 57.8 Å².